The fourth-order valence-electron chi connectivity index (χ4n) is 2.13. The van der Waals surface area contributed by atoms with Crippen molar-refractivity contribution in [3.05, 3.63) is 42.7 Å². The minimum absolute atomic E-state index is 0.120. The first kappa shape index (κ1) is 15.0. The maximum atomic E-state index is 12.0. The smallest absolute Gasteiger partial charge is 0.174 e. The Morgan fingerprint density at radius 3 is 2.62 bits per heavy atom. The molecule has 0 spiro atoms. The summed E-state index contributed by atoms with van der Waals surface area (Å²) in [6.07, 6.45) is 1.36. The molecule has 0 atom stereocenters. The van der Waals surface area contributed by atoms with Crippen LogP contribution in [0.4, 0.5) is 0 Å². The molecule has 3 rings (SSSR count). The molecule has 0 aromatic carbocycles. The minimum atomic E-state index is 0.120. The Bertz CT molecular complexity index is 693. The van der Waals surface area contributed by atoms with Crippen molar-refractivity contribution in [3.8, 4) is 0 Å². The van der Waals surface area contributed by atoms with E-state index in [1.54, 1.807) is 12.1 Å². The molecular formula is C14H12Cl2N2OS2. The molecule has 0 amide bonds. The second kappa shape index (κ2) is 6.48. The van der Waals surface area contributed by atoms with Gasteiger partial charge in [-0.1, -0.05) is 23.2 Å². The van der Waals surface area contributed by atoms with Gasteiger partial charge in [-0.25, -0.2) is 0 Å². The largest absolute Gasteiger partial charge is 0.296 e. The number of hydrogen-bond donors (Lipinski definition) is 0. The van der Waals surface area contributed by atoms with Crippen molar-refractivity contribution in [2.24, 2.45) is 5.10 Å². The third-order valence-electron chi connectivity index (χ3n) is 3.17. The van der Waals surface area contributed by atoms with E-state index in [-0.39, 0.29) is 5.78 Å². The quantitative estimate of drug-likeness (QED) is 0.719. The van der Waals surface area contributed by atoms with E-state index in [2.05, 4.69) is 5.10 Å². The molecule has 0 N–H and O–H groups in total. The Kier molecular flexibility index (Phi) is 4.64. The SMILES string of the molecule is O=C(CCN1CCC(c2ccc(Cl)s2)=N1)c1ccc(Cl)s1. The highest BCUT2D eigenvalue weighted by Gasteiger charge is 2.18. The van der Waals surface area contributed by atoms with E-state index < -0.39 is 0 Å². The standard InChI is InChI=1S/C14H12Cl2N2OS2/c15-13-3-1-11(20-13)9-5-7-18(17-9)8-6-10(19)12-2-4-14(16)21-12/h1-4H,5-8H2. The van der Waals surface area contributed by atoms with E-state index in [1.807, 2.05) is 17.1 Å². The summed E-state index contributed by atoms with van der Waals surface area (Å²) in [7, 11) is 0. The highest BCUT2D eigenvalue weighted by molar-refractivity contribution is 7.18. The molecule has 0 saturated carbocycles. The van der Waals surface area contributed by atoms with Crippen LogP contribution in [0.2, 0.25) is 8.67 Å². The molecule has 2 aromatic rings. The van der Waals surface area contributed by atoms with Gasteiger partial charge in [0, 0.05) is 25.9 Å². The van der Waals surface area contributed by atoms with Crippen LogP contribution in [0.15, 0.2) is 29.4 Å². The topological polar surface area (TPSA) is 32.7 Å². The summed E-state index contributed by atoms with van der Waals surface area (Å²) in [6.45, 7) is 1.49. The zero-order valence-electron chi connectivity index (χ0n) is 11.0. The number of nitrogens with zero attached hydrogens (tertiary/aromatic N) is 2. The van der Waals surface area contributed by atoms with E-state index in [1.165, 1.54) is 22.7 Å². The number of hydrogen-bond acceptors (Lipinski definition) is 5. The van der Waals surface area contributed by atoms with Crippen LogP contribution in [-0.4, -0.2) is 29.6 Å². The van der Waals surface area contributed by atoms with Crippen LogP contribution < -0.4 is 0 Å². The molecule has 0 radical (unpaired) electrons. The normalized spacial score (nSPS) is 14.6. The van der Waals surface area contributed by atoms with Crippen LogP contribution in [-0.2, 0) is 0 Å². The summed E-state index contributed by atoms with van der Waals surface area (Å²) in [5.41, 5.74) is 1.05. The lowest BCUT2D eigenvalue weighted by molar-refractivity contribution is 0.0971. The predicted molar refractivity (Wildman–Crippen MR) is 90.3 cm³/mol. The zero-order chi connectivity index (χ0) is 14.8. The van der Waals surface area contributed by atoms with Crippen molar-refractivity contribution in [1.29, 1.82) is 0 Å². The van der Waals surface area contributed by atoms with E-state index >= 15 is 0 Å². The van der Waals surface area contributed by atoms with E-state index in [4.69, 9.17) is 23.2 Å². The molecule has 1 aliphatic heterocycles. The predicted octanol–water partition coefficient (Wildman–Crippen LogP) is 4.80. The molecule has 0 saturated heterocycles. The molecule has 7 heteroatoms. The maximum Gasteiger partial charge on any atom is 0.174 e. The van der Waals surface area contributed by atoms with Crippen molar-refractivity contribution in [2.45, 2.75) is 12.8 Å². The molecule has 3 nitrogen and oxygen atoms in total. The van der Waals surface area contributed by atoms with Gasteiger partial charge in [-0.15, -0.1) is 22.7 Å². The molecule has 2 aromatic heterocycles. The first-order valence-electron chi connectivity index (χ1n) is 6.48. The highest BCUT2D eigenvalue weighted by atomic mass is 35.5. The average Bonchev–Trinajstić information content (AvgIpc) is 3.16. The fourth-order valence-corrected chi connectivity index (χ4v) is 4.19. The lowest BCUT2D eigenvalue weighted by Gasteiger charge is -2.11. The number of thiophene rings is 2. The lowest BCUT2D eigenvalue weighted by atomic mass is 10.2. The Labute approximate surface area is 140 Å². The molecule has 0 aliphatic carbocycles. The van der Waals surface area contributed by atoms with E-state index in [9.17, 15) is 4.79 Å². The van der Waals surface area contributed by atoms with Crippen molar-refractivity contribution in [3.63, 3.8) is 0 Å². The summed E-state index contributed by atoms with van der Waals surface area (Å²) in [5.74, 6) is 0.120. The number of rotatable bonds is 5. The van der Waals surface area contributed by atoms with Crippen LogP contribution in [0.25, 0.3) is 0 Å². The molecule has 0 bridgehead atoms. The van der Waals surface area contributed by atoms with E-state index in [0.29, 0.717) is 22.2 Å². The van der Waals surface area contributed by atoms with Crippen LogP contribution >= 0.6 is 45.9 Å². The van der Waals surface area contributed by atoms with Gasteiger partial charge in [0.2, 0.25) is 0 Å². The molecule has 0 fully saturated rings. The van der Waals surface area contributed by atoms with Crippen LogP contribution in [0.1, 0.15) is 27.4 Å². The fraction of sp³-hybridized carbons (Fsp3) is 0.286. The Morgan fingerprint density at radius 2 is 1.95 bits per heavy atom. The molecule has 0 unspecified atom stereocenters. The number of carbonyl (C=O) groups is 1. The molecule has 21 heavy (non-hydrogen) atoms. The molecule has 1 aliphatic rings. The Morgan fingerprint density at radius 1 is 1.19 bits per heavy atom. The molecular weight excluding hydrogens is 347 g/mol. The van der Waals surface area contributed by atoms with Crippen LogP contribution in [0, 0.1) is 0 Å². The second-order valence-corrected chi connectivity index (χ2v) is 8.06. The van der Waals surface area contributed by atoms with Crippen molar-refractivity contribution < 1.29 is 4.79 Å². The van der Waals surface area contributed by atoms with Crippen LogP contribution in [0.5, 0.6) is 0 Å². The average molecular weight is 359 g/mol. The first-order chi connectivity index (χ1) is 10.1. The minimum Gasteiger partial charge on any atom is -0.296 e. The van der Waals surface area contributed by atoms with Crippen molar-refractivity contribution >= 4 is 57.4 Å². The molecule has 110 valence electrons. The van der Waals surface area contributed by atoms with Crippen LogP contribution in [0.3, 0.4) is 0 Å². The monoisotopic (exact) mass is 358 g/mol. The third-order valence-corrected chi connectivity index (χ3v) is 5.72. The molecule has 3 heterocycles. The van der Waals surface area contributed by atoms with Crippen molar-refractivity contribution in [1.82, 2.24) is 5.01 Å². The van der Waals surface area contributed by atoms with Gasteiger partial charge < -0.3 is 0 Å². The number of hydrazone groups is 1. The second-order valence-electron chi connectivity index (χ2n) is 4.63. The van der Waals surface area contributed by atoms with Gasteiger partial charge in [-0.2, -0.15) is 5.10 Å². The third kappa shape index (κ3) is 3.66. The maximum absolute atomic E-state index is 12.0. The Balaban J connectivity index is 1.57. The van der Waals surface area contributed by atoms with Crippen molar-refractivity contribution in [2.75, 3.05) is 13.1 Å². The van der Waals surface area contributed by atoms with Gasteiger partial charge in [0.1, 0.15) is 0 Å². The first-order valence-corrected chi connectivity index (χ1v) is 8.87. The van der Waals surface area contributed by atoms with Gasteiger partial charge in [0.15, 0.2) is 5.78 Å². The summed E-state index contributed by atoms with van der Waals surface area (Å²) in [5, 5.41) is 6.52. The number of carbonyl (C=O) groups excluding carboxylic acids is 1. The van der Waals surface area contributed by atoms with Gasteiger partial charge in [0.05, 0.1) is 24.1 Å². The highest BCUT2D eigenvalue weighted by Crippen LogP contribution is 2.26. The zero-order valence-corrected chi connectivity index (χ0v) is 14.2. The summed E-state index contributed by atoms with van der Waals surface area (Å²) < 4.78 is 1.42. The van der Waals surface area contributed by atoms with Gasteiger partial charge in [0.25, 0.3) is 0 Å². The summed E-state index contributed by atoms with van der Waals surface area (Å²) in [4.78, 5) is 13.9. The number of ketones is 1. The van der Waals surface area contributed by atoms with Gasteiger partial charge >= 0.3 is 0 Å². The van der Waals surface area contributed by atoms with E-state index in [0.717, 1.165) is 27.9 Å². The van der Waals surface area contributed by atoms with Gasteiger partial charge in [-0.3, -0.25) is 9.80 Å². The number of halogens is 2. The van der Waals surface area contributed by atoms with Gasteiger partial charge in [-0.05, 0) is 24.3 Å². The number of Topliss-reactive ketones (excluding diaryl/α,β-unsaturated/α-hetero) is 1. The summed E-state index contributed by atoms with van der Waals surface area (Å²) in [6, 6.07) is 7.42. The Hall–Kier alpha value is -0.880. The summed E-state index contributed by atoms with van der Waals surface area (Å²) >= 11 is 14.7. The lowest BCUT2D eigenvalue weighted by Crippen LogP contribution is -2.18.